The summed E-state index contributed by atoms with van der Waals surface area (Å²) in [5, 5.41) is 0. The van der Waals surface area contributed by atoms with Gasteiger partial charge in [0.25, 0.3) is 0 Å². The number of carbonyl (C=O) groups excluding carboxylic acids is 1. The Morgan fingerprint density at radius 3 is 2.38 bits per heavy atom. The van der Waals surface area contributed by atoms with Gasteiger partial charge in [-0.25, -0.2) is 0 Å². The summed E-state index contributed by atoms with van der Waals surface area (Å²) >= 11 is 0. The Morgan fingerprint density at radius 1 is 1.31 bits per heavy atom. The second-order valence-corrected chi connectivity index (χ2v) is 3.10. The standard InChI is InChI=1S/C12H14O/c1-3-11-4-6-12(7-5-11)8-10(2)9-13/h4-9H,3H2,1-2H3/b10-8+. The molecule has 0 aliphatic carbocycles. The minimum Gasteiger partial charge on any atom is -0.298 e. The molecule has 0 N–H and O–H groups in total. The predicted octanol–water partition coefficient (Wildman–Crippen LogP) is 2.85. The molecule has 0 unspecified atom stereocenters. The van der Waals surface area contributed by atoms with Crippen LogP contribution in [-0.2, 0) is 11.2 Å². The minimum atomic E-state index is 0.754. The summed E-state index contributed by atoms with van der Waals surface area (Å²) in [6.45, 7) is 3.93. The molecule has 0 spiro atoms. The second kappa shape index (κ2) is 4.61. The van der Waals surface area contributed by atoms with Gasteiger partial charge in [-0.15, -0.1) is 0 Å². The molecule has 0 aromatic heterocycles. The summed E-state index contributed by atoms with van der Waals surface area (Å²) < 4.78 is 0. The van der Waals surface area contributed by atoms with Crippen LogP contribution in [0.1, 0.15) is 25.0 Å². The van der Waals surface area contributed by atoms with Gasteiger partial charge in [0, 0.05) is 0 Å². The largest absolute Gasteiger partial charge is 0.298 e. The van der Waals surface area contributed by atoms with Gasteiger partial charge in [0.15, 0.2) is 0 Å². The van der Waals surface area contributed by atoms with Crippen LogP contribution in [0.5, 0.6) is 0 Å². The Kier molecular flexibility index (Phi) is 3.44. The Labute approximate surface area is 79.1 Å². The molecule has 0 amide bonds. The lowest BCUT2D eigenvalue weighted by Gasteiger charge is -1.97. The zero-order chi connectivity index (χ0) is 9.68. The van der Waals surface area contributed by atoms with Crippen molar-refractivity contribution in [1.29, 1.82) is 0 Å². The van der Waals surface area contributed by atoms with Gasteiger partial charge in [-0.05, 0) is 36.1 Å². The third-order valence-electron chi connectivity index (χ3n) is 1.97. The first kappa shape index (κ1) is 9.72. The van der Waals surface area contributed by atoms with Crippen LogP contribution in [0.15, 0.2) is 29.8 Å². The van der Waals surface area contributed by atoms with Crippen molar-refractivity contribution < 1.29 is 4.79 Å². The van der Waals surface area contributed by atoms with E-state index in [1.54, 1.807) is 6.92 Å². The fourth-order valence-corrected chi connectivity index (χ4v) is 1.15. The van der Waals surface area contributed by atoms with E-state index in [9.17, 15) is 4.79 Å². The van der Waals surface area contributed by atoms with Crippen molar-refractivity contribution in [2.45, 2.75) is 20.3 Å². The van der Waals surface area contributed by atoms with Crippen LogP contribution in [0.25, 0.3) is 6.08 Å². The molecular weight excluding hydrogens is 160 g/mol. The first-order valence-corrected chi connectivity index (χ1v) is 4.48. The fourth-order valence-electron chi connectivity index (χ4n) is 1.15. The third kappa shape index (κ3) is 2.86. The molecule has 0 atom stereocenters. The Balaban J connectivity index is 2.86. The number of hydrogen-bond acceptors (Lipinski definition) is 1. The topological polar surface area (TPSA) is 17.1 Å². The van der Waals surface area contributed by atoms with E-state index in [1.165, 1.54) is 5.56 Å². The van der Waals surface area contributed by atoms with Crippen LogP contribution in [0.4, 0.5) is 0 Å². The van der Waals surface area contributed by atoms with Gasteiger partial charge in [0.1, 0.15) is 6.29 Å². The number of carbonyl (C=O) groups is 1. The van der Waals surface area contributed by atoms with Crippen LogP contribution in [-0.4, -0.2) is 6.29 Å². The van der Waals surface area contributed by atoms with Crippen LogP contribution < -0.4 is 0 Å². The van der Waals surface area contributed by atoms with Gasteiger partial charge < -0.3 is 0 Å². The summed E-state index contributed by atoms with van der Waals surface area (Å²) in [6, 6.07) is 8.24. The lowest BCUT2D eigenvalue weighted by Crippen LogP contribution is -1.81. The summed E-state index contributed by atoms with van der Waals surface area (Å²) in [5.74, 6) is 0. The van der Waals surface area contributed by atoms with Crippen molar-refractivity contribution in [3.05, 3.63) is 41.0 Å². The molecule has 1 aromatic rings. The number of benzene rings is 1. The number of allylic oxidation sites excluding steroid dienone is 1. The Bertz CT molecular complexity index is 306. The number of rotatable bonds is 3. The van der Waals surface area contributed by atoms with Crippen molar-refractivity contribution >= 4 is 12.4 Å². The quantitative estimate of drug-likeness (QED) is 0.508. The molecule has 1 heteroatoms. The summed E-state index contributed by atoms with van der Waals surface area (Å²) in [5.41, 5.74) is 3.16. The maximum atomic E-state index is 10.4. The zero-order valence-corrected chi connectivity index (χ0v) is 8.08. The van der Waals surface area contributed by atoms with Crippen molar-refractivity contribution in [3.63, 3.8) is 0 Å². The molecule has 0 saturated carbocycles. The van der Waals surface area contributed by atoms with Gasteiger partial charge >= 0.3 is 0 Å². The first-order chi connectivity index (χ1) is 6.26. The lowest BCUT2D eigenvalue weighted by molar-refractivity contribution is -0.104. The van der Waals surface area contributed by atoms with E-state index in [1.807, 2.05) is 18.2 Å². The van der Waals surface area contributed by atoms with Crippen LogP contribution in [0.2, 0.25) is 0 Å². The molecule has 0 aliphatic rings. The normalized spacial score (nSPS) is 11.4. The molecule has 1 rings (SSSR count). The molecule has 0 radical (unpaired) electrons. The summed E-state index contributed by atoms with van der Waals surface area (Å²) in [6.07, 6.45) is 3.80. The van der Waals surface area contributed by atoms with E-state index in [0.29, 0.717) is 0 Å². The van der Waals surface area contributed by atoms with Crippen molar-refractivity contribution in [1.82, 2.24) is 0 Å². The third-order valence-corrected chi connectivity index (χ3v) is 1.97. The molecule has 0 aliphatic heterocycles. The average Bonchev–Trinajstić information content (AvgIpc) is 2.19. The molecule has 0 fully saturated rings. The van der Waals surface area contributed by atoms with E-state index in [4.69, 9.17) is 0 Å². The first-order valence-electron chi connectivity index (χ1n) is 4.48. The van der Waals surface area contributed by atoms with Gasteiger partial charge in [-0.2, -0.15) is 0 Å². The van der Waals surface area contributed by atoms with E-state index in [0.717, 1.165) is 23.8 Å². The number of aryl methyl sites for hydroxylation is 1. The highest BCUT2D eigenvalue weighted by Gasteiger charge is 1.90. The second-order valence-electron chi connectivity index (χ2n) is 3.10. The highest BCUT2D eigenvalue weighted by Crippen LogP contribution is 2.08. The van der Waals surface area contributed by atoms with Crippen LogP contribution >= 0.6 is 0 Å². The molecular formula is C12H14O. The van der Waals surface area contributed by atoms with Gasteiger partial charge in [-0.3, -0.25) is 4.79 Å². The molecule has 1 nitrogen and oxygen atoms in total. The van der Waals surface area contributed by atoms with Crippen molar-refractivity contribution in [2.75, 3.05) is 0 Å². The molecule has 0 heterocycles. The highest BCUT2D eigenvalue weighted by molar-refractivity contribution is 5.80. The van der Waals surface area contributed by atoms with E-state index in [-0.39, 0.29) is 0 Å². The SMILES string of the molecule is CCc1ccc(/C=C(\C)C=O)cc1. The van der Waals surface area contributed by atoms with Crippen molar-refractivity contribution in [3.8, 4) is 0 Å². The minimum absolute atomic E-state index is 0.754. The Morgan fingerprint density at radius 2 is 1.92 bits per heavy atom. The van der Waals surface area contributed by atoms with Crippen LogP contribution in [0, 0.1) is 0 Å². The fraction of sp³-hybridized carbons (Fsp3) is 0.250. The van der Waals surface area contributed by atoms with Gasteiger partial charge in [0.2, 0.25) is 0 Å². The highest BCUT2D eigenvalue weighted by atomic mass is 16.1. The molecule has 68 valence electrons. The lowest BCUT2D eigenvalue weighted by atomic mass is 10.1. The van der Waals surface area contributed by atoms with Gasteiger partial charge in [-0.1, -0.05) is 31.2 Å². The zero-order valence-electron chi connectivity index (χ0n) is 8.08. The molecule has 13 heavy (non-hydrogen) atoms. The average molecular weight is 174 g/mol. The smallest absolute Gasteiger partial charge is 0.145 e. The number of hydrogen-bond donors (Lipinski definition) is 0. The van der Waals surface area contributed by atoms with E-state index in [2.05, 4.69) is 19.1 Å². The summed E-state index contributed by atoms with van der Waals surface area (Å²) in [7, 11) is 0. The summed E-state index contributed by atoms with van der Waals surface area (Å²) in [4.78, 5) is 10.4. The number of aldehydes is 1. The predicted molar refractivity (Wildman–Crippen MR) is 55.5 cm³/mol. The molecule has 0 saturated heterocycles. The maximum Gasteiger partial charge on any atom is 0.145 e. The van der Waals surface area contributed by atoms with Crippen LogP contribution in [0.3, 0.4) is 0 Å². The molecule has 1 aromatic carbocycles. The molecule has 0 bridgehead atoms. The van der Waals surface area contributed by atoms with E-state index >= 15 is 0 Å². The maximum absolute atomic E-state index is 10.4. The van der Waals surface area contributed by atoms with E-state index < -0.39 is 0 Å². The monoisotopic (exact) mass is 174 g/mol. The van der Waals surface area contributed by atoms with Crippen molar-refractivity contribution in [2.24, 2.45) is 0 Å². The van der Waals surface area contributed by atoms with Gasteiger partial charge in [0.05, 0.1) is 0 Å². The Hall–Kier alpha value is -1.37.